The zero-order valence-electron chi connectivity index (χ0n) is 25.2. The van der Waals surface area contributed by atoms with Crippen LogP contribution >= 0.6 is 0 Å². The van der Waals surface area contributed by atoms with Crippen LogP contribution in [0.3, 0.4) is 0 Å². The quantitative estimate of drug-likeness (QED) is 0.188. The molecule has 2 heteroatoms. The smallest absolute Gasteiger partial charge is 0.143 e. The van der Waals surface area contributed by atoms with Gasteiger partial charge in [0.15, 0.2) is 0 Å². The van der Waals surface area contributed by atoms with E-state index in [1.807, 2.05) is 6.07 Å². The molecule has 0 saturated heterocycles. The molecule has 10 rings (SSSR count). The van der Waals surface area contributed by atoms with E-state index in [1.165, 1.54) is 66.1 Å². The number of fused-ring (bicyclic) bond motifs is 9. The second-order valence-electron chi connectivity index (χ2n) is 12.4. The lowest BCUT2D eigenvalue weighted by atomic mass is 9.92. The highest BCUT2D eigenvalue weighted by Gasteiger charge is 2.22. The van der Waals surface area contributed by atoms with Gasteiger partial charge in [-0.2, -0.15) is 0 Å². The summed E-state index contributed by atoms with van der Waals surface area (Å²) in [5, 5.41) is 8.71. The van der Waals surface area contributed by atoms with Crippen LogP contribution in [0, 0.1) is 0 Å². The molecule has 1 aliphatic rings. The number of allylic oxidation sites excluding steroid dienone is 1. The summed E-state index contributed by atoms with van der Waals surface area (Å²) in [6, 6.07) is 50.6. The Bertz CT molecular complexity index is 2700. The highest BCUT2D eigenvalue weighted by Crippen LogP contribution is 2.43. The Morgan fingerprint density at radius 2 is 1.26 bits per heavy atom. The van der Waals surface area contributed by atoms with Crippen LogP contribution in [0.5, 0.6) is 0 Å². The Kier molecular flexibility index (Phi) is 5.44. The van der Waals surface area contributed by atoms with Crippen LogP contribution in [-0.2, 0) is 6.42 Å². The highest BCUT2D eigenvalue weighted by molar-refractivity contribution is 6.15. The Morgan fingerprint density at radius 3 is 2.20 bits per heavy atom. The molecule has 2 nitrogen and oxygen atoms in total. The largest absolute Gasteiger partial charge is 0.455 e. The van der Waals surface area contributed by atoms with E-state index in [9.17, 15) is 0 Å². The van der Waals surface area contributed by atoms with Gasteiger partial charge in [0.1, 0.15) is 11.2 Å². The van der Waals surface area contributed by atoms with Crippen molar-refractivity contribution in [1.82, 2.24) is 4.57 Å². The van der Waals surface area contributed by atoms with Crippen LogP contribution in [0.4, 0.5) is 0 Å². The molecule has 9 aromatic rings. The molecule has 216 valence electrons. The first-order chi connectivity index (χ1) is 22.8. The van der Waals surface area contributed by atoms with Gasteiger partial charge in [0, 0.05) is 38.5 Å². The molecule has 0 atom stereocenters. The summed E-state index contributed by atoms with van der Waals surface area (Å²) in [6.45, 7) is 0. The van der Waals surface area contributed by atoms with Gasteiger partial charge in [-0.25, -0.2) is 0 Å². The standard InChI is InChI=1S/C44H29NO/c1-2-13-30-28(12-1)26-38(33-15-4-3-14-32(30)33)34-16-5-8-21-40(34)45-41-22-9-6-17-35(41)39-27-29(24-25-42(39)45)31-19-11-20-37-36-18-7-10-23-43(36)46-44(31)37/h1-8,10-21,23-27H,9,22H2. The summed E-state index contributed by atoms with van der Waals surface area (Å²) in [4.78, 5) is 0. The Labute approximate surface area is 266 Å². The number of furan rings is 1. The predicted octanol–water partition coefficient (Wildman–Crippen LogP) is 12.1. The number of nitrogens with zero attached hydrogens (tertiary/aromatic N) is 1. The average molecular weight is 588 g/mol. The fourth-order valence-electron chi connectivity index (χ4n) is 7.81. The number of benzene rings is 7. The molecule has 0 bridgehead atoms. The summed E-state index contributed by atoms with van der Waals surface area (Å²) in [6.07, 6.45) is 6.69. The second-order valence-corrected chi connectivity index (χ2v) is 12.4. The SMILES string of the molecule is C1=Cc2c(n(-c3ccccc3-c3cc4ccccc4c4ccccc34)c3ccc(-c4cccc5c4oc4ccccc45)cc23)CC1. The van der Waals surface area contributed by atoms with Crippen LogP contribution in [0.15, 0.2) is 150 Å². The Balaban J connectivity index is 1.23. The maximum Gasteiger partial charge on any atom is 0.143 e. The maximum atomic E-state index is 6.45. The zero-order valence-corrected chi connectivity index (χ0v) is 25.2. The van der Waals surface area contributed by atoms with Crippen molar-refractivity contribution in [3.8, 4) is 27.9 Å². The number of rotatable bonds is 3. The normalized spacial score (nSPS) is 13.0. The van der Waals surface area contributed by atoms with Crippen molar-refractivity contribution >= 4 is 60.5 Å². The van der Waals surface area contributed by atoms with E-state index < -0.39 is 0 Å². The molecule has 1 aliphatic carbocycles. The first-order valence-electron chi connectivity index (χ1n) is 16.1. The van der Waals surface area contributed by atoms with Gasteiger partial charge in [-0.3, -0.25) is 0 Å². The third-order valence-electron chi connectivity index (χ3n) is 9.86. The monoisotopic (exact) mass is 587 g/mol. The lowest BCUT2D eigenvalue weighted by molar-refractivity contribution is 0.670. The maximum absolute atomic E-state index is 6.45. The summed E-state index contributed by atoms with van der Waals surface area (Å²) < 4.78 is 8.98. The molecule has 0 spiro atoms. The first-order valence-corrected chi connectivity index (χ1v) is 16.1. The molecule has 0 fully saturated rings. The van der Waals surface area contributed by atoms with Crippen molar-refractivity contribution in [2.45, 2.75) is 12.8 Å². The minimum atomic E-state index is 0.926. The van der Waals surface area contributed by atoms with Gasteiger partial charge >= 0.3 is 0 Å². The van der Waals surface area contributed by atoms with Crippen molar-refractivity contribution < 1.29 is 4.42 Å². The number of para-hydroxylation sites is 3. The molecule has 46 heavy (non-hydrogen) atoms. The van der Waals surface area contributed by atoms with Crippen LogP contribution in [-0.4, -0.2) is 4.57 Å². The van der Waals surface area contributed by atoms with Crippen molar-refractivity contribution in [3.63, 3.8) is 0 Å². The lowest BCUT2D eigenvalue weighted by Crippen LogP contribution is -2.04. The molecular formula is C44H29NO. The third-order valence-corrected chi connectivity index (χ3v) is 9.86. The van der Waals surface area contributed by atoms with Gasteiger partial charge in [0.25, 0.3) is 0 Å². The molecule has 0 N–H and O–H groups in total. The molecular weight excluding hydrogens is 558 g/mol. The third kappa shape index (κ3) is 3.64. The summed E-state index contributed by atoms with van der Waals surface area (Å²) in [5.41, 5.74) is 11.8. The fourth-order valence-corrected chi connectivity index (χ4v) is 7.81. The molecule has 0 amide bonds. The van der Waals surface area contributed by atoms with Gasteiger partial charge < -0.3 is 8.98 Å². The minimum absolute atomic E-state index is 0.926. The fraction of sp³-hybridized carbons (Fsp3) is 0.0455. The minimum Gasteiger partial charge on any atom is -0.455 e. The van der Waals surface area contributed by atoms with Gasteiger partial charge in [-0.05, 0) is 75.8 Å². The van der Waals surface area contributed by atoms with E-state index in [0.717, 1.165) is 40.3 Å². The molecule has 0 radical (unpaired) electrons. The molecule has 0 unspecified atom stereocenters. The van der Waals surface area contributed by atoms with Gasteiger partial charge in [-0.1, -0.05) is 121 Å². The Hall–Kier alpha value is -5.86. The van der Waals surface area contributed by atoms with E-state index in [2.05, 4.69) is 150 Å². The Morgan fingerprint density at radius 1 is 0.522 bits per heavy atom. The van der Waals surface area contributed by atoms with Crippen molar-refractivity contribution in [2.24, 2.45) is 0 Å². The van der Waals surface area contributed by atoms with Crippen LogP contribution in [0.1, 0.15) is 17.7 Å². The summed E-state index contributed by atoms with van der Waals surface area (Å²) in [7, 11) is 0. The topological polar surface area (TPSA) is 18.1 Å². The predicted molar refractivity (Wildman–Crippen MR) is 194 cm³/mol. The molecule has 2 heterocycles. The van der Waals surface area contributed by atoms with Crippen molar-refractivity contribution in [3.05, 3.63) is 157 Å². The van der Waals surface area contributed by atoms with E-state index in [0.29, 0.717) is 0 Å². The van der Waals surface area contributed by atoms with E-state index in [4.69, 9.17) is 4.42 Å². The molecule has 2 aromatic heterocycles. The molecule has 7 aromatic carbocycles. The van der Waals surface area contributed by atoms with Crippen molar-refractivity contribution in [2.75, 3.05) is 0 Å². The second kappa shape index (κ2) is 9.82. The molecule has 0 saturated carbocycles. The van der Waals surface area contributed by atoms with E-state index in [1.54, 1.807) is 0 Å². The number of hydrogen-bond donors (Lipinski definition) is 0. The van der Waals surface area contributed by atoms with Gasteiger partial charge in [-0.15, -0.1) is 0 Å². The summed E-state index contributed by atoms with van der Waals surface area (Å²) >= 11 is 0. The molecule has 0 aliphatic heterocycles. The lowest BCUT2D eigenvalue weighted by Gasteiger charge is -2.19. The van der Waals surface area contributed by atoms with Crippen LogP contribution in [0.25, 0.3) is 88.4 Å². The van der Waals surface area contributed by atoms with Gasteiger partial charge in [0.2, 0.25) is 0 Å². The average Bonchev–Trinajstić information content (AvgIpc) is 3.67. The zero-order chi connectivity index (χ0) is 30.2. The first kappa shape index (κ1) is 25.5. The highest BCUT2D eigenvalue weighted by atomic mass is 16.3. The summed E-state index contributed by atoms with van der Waals surface area (Å²) in [5.74, 6) is 0. The van der Waals surface area contributed by atoms with Crippen LogP contribution in [0.2, 0.25) is 0 Å². The van der Waals surface area contributed by atoms with E-state index >= 15 is 0 Å². The van der Waals surface area contributed by atoms with Gasteiger partial charge in [0.05, 0.1) is 11.2 Å². The number of aromatic nitrogens is 1. The number of hydrogen-bond acceptors (Lipinski definition) is 1. The van der Waals surface area contributed by atoms with Crippen molar-refractivity contribution in [1.29, 1.82) is 0 Å². The van der Waals surface area contributed by atoms with E-state index in [-0.39, 0.29) is 0 Å². The van der Waals surface area contributed by atoms with Crippen LogP contribution < -0.4 is 0 Å².